The molecule has 0 aliphatic rings. The highest BCUT2D eigenvalue weighted by Gasteiger charge is 2.10. The van der Waals surface area contributed by atoms with Crippen LogP contribution in [-0.2, 0) is 4.79 Å². The highest BCUT2D eigenvalue weighted by molar-refractivity contribution is 9.10. The fourth-order valence-electron chi connectivity index (χ4n) is 1.45. The van der Waals surface area contributed by atoms with Crippen LogP contribution in [0.4, 0.5) is 5.69 Å². The summed E-state index contributed by atoms with van der Waals surface area (Å²) >= 11 is 3.22. The van der Waals surface area contributed by atoms with E-state index in [0.717, 1.165) is 17.1 Å². The van der Waals surface area contributed by atoms with Crippen LogP contribution >= 0.6 is 15.9 Å². The summed E-state index contributed by atoms with van der Waals surface area (Å²) in [5.41, 5.74) is 1.59. The van der Waals surface area contributed by atoms with Crippen molar-refractivity contribution in [1.29, 1.82) is 0 Å². The molecule has 1 amide bonds. The number of anilines is 1. The number of benzene rings is 1. The molecule has 0 fully saturated rings. The summed E-state index contributed by atoms with van der Waals surface area (Å²) < 4.78 is 0. The van der Waals surface area contributed by atoms with Gasteiger partial charge in [-0.15, -0.1) is 0 Å². The minimum Gasteiger partial charge on any atom is -0.325 e. The molecule has 2 N–H and O–H groups in total. The van der Waals surface area contributed by atoms with Crippen LogP contribution in [0.2, 0.25) is 0 Å². The topological polar surface area (TPSA) is 70.7 Å². The second kappa shape index (κ2) is 5.30. The van der Waals surface area contributed by atoms with Crippen molar-refractivity contribution in [3.05, 3.63) is 30.1 Å². The minimum absolute atomic E-state index is 0.0849. The normalized spacial score (nSPS) is 12.2. The zero-order valence-electron chi connectivity index (χ0n) is 10.1. The number of halogens is 1. The number of aromatic amines is 1. The van der Waals surface area contributed by atoms with Gasteiger partial charge in [0.25, 0.3) is 0 Å². The third-order valence-electron chi connectivity index (χ3n) is 2.35. The summed E-state index contributed by atoms with van der Waals surface area (Å²) in [7, 11) is 0. The van der Waals surface area contributed by atoms with Crippen molar-refractivity contribution in [1.82, 2.24) is 15.2 Å². The first-order valence-electron chi connectivity index (χ1n) is 5.50. The standard InChI is InChI=1S/C12H13BrN4O/c1-7(13)12(18)15-10-5-3-4-9(6-10)11-14-8(2)16-17-11/h3-7H,1-2H3,(H,15,18)(H,14,16,17). The summed E-state index contributed by atoms with van der Waals surface area (Å²) in [4.78, 5) is 15.6. The Morgan fingerprint density at radius 2 is 2.28 bits per heavy atom. The molecule has 1 aromatic heterocycles. The molecule has 6 heteroatoms. The Labute approximate surface area is 113 Å². The molecule has 2 rings (SSSR count). The third-order valence-corrected chi connectivity index (χ3v) is 2.76. The Kier molecular flexibility index (Phi) is 3.76. The number of alkyl halides is 1. The molecule has 0 saturated heterocycles. The maximum atomic E-state index is 11.6. The molecule has 1 unspecified atom stereocenters. The van der Waals surface area contributed by atoms with E-state index in [1.54, 1.807) is 6.92 Å². The summed E-state index contributed by atoms with van der Waals surface area (Å²) in [6.07, 6.45) is 0. The molecule has 0 radical (unpaired) electrons. The fourth-order valence-corrected chi connectivity index (χ4v) is 1.56. The van der Waals surface area contributed by atoms with Crippen molar-refractivity contribution in [2.45, 2.75) is 18.7 Å². The summed E-state index contributed by atoms with van der Waals surface area (Å²) in [6, 6.07) is 7.43. The number of aryl methyl sites for hydroxylation is 1. The average Bonchev–Trinajstić information content (AvgIpc) is 2.76. The summed E-state index contributed by atoms with van der Waals surface area (Å²) in [5, 5.41) is 9.68. The van der Waals surface area contributed by atoms with Gasteiger partial charge in [-0.05, 0) is 26.0 Å². The van der Waals surface area contributed by atoms with Gasteiger partial charge in [0.15, 0.2) is 5.82 Å². The van der Waals surface area contributed by atoms with Crippen molar-refractivity contribution in [2.24, 2.45) is 0 Å². The molecule has 94 valence electrons. The fraction of sp³-hybridized carbons (Fsp3) is 0.250. The summed E-state index contributed by atoms with van der Waals surface area (Å²) in [6.45, 7) is 3.62. The second-order valence-electron chi connectivity index (χ2n) is 3.93. The van der Waals surface area contributed by atoms with Gasteiger partial charge >= 0.3 is 0 Å². The molecule has 1 atom stereocenters. The predicted octanol–water partition coefficient (Wildman–Crippen LogP) is 2.50. The SMILES string of the molecule is Cc1nc(-c2cccc(NC(=O)C(C)Br)c2)n[nH]1. The van der Waals surface area contributed by atoms with E-state index in [4.69, 9.17) is 0 Å². The number of rotatable bonds is 3. The van der Waals surface area contributed by atoms with Crippen LogP contribution in [0.3, 0.4) is 0 Å². The van der Waals surface area contributed by atoms with Crippen LogP contribution in [0.5, 0.6) is 0 Å². The molecule has 1 heterocycles. The molecular weight excluding hydrogens is 296 g/mol. The Balaban J connectivity index is 2.23. The number of carbonyl (C=O) groups excluding carboxylic acids is 1. The van der Waals surface area contributed by atoms with Gasteiger partial charge in [0.1, 0.15) is 5.82 Å². The number of H-pyrrole nitrogens is 1. The van der Waals surface area contributed by atoms with Gasteiger partial charge in [0, 0.05) is 11.3 Å². The Hall–Kier alpha value is -1.69. The van der Waals surface area contributed by atoms with Crippen LogP contribution in [0.15, 0.2) is 24.3 Å². The van der Waals surface area contributed by atoms with E-state index >= 15 is 0 Å². The number of carbonyl (C=O) groups is 1. The second-order valence-corrected chi connectivity index (χ2v) is 5.30. The molecule has 0 spiro atoms. The van der Waals surface area contributed by atoms with E-state index in [1.807, 2.05) is 31.2 Å². The van der Waals surface area contributed by atoms with Gasteiger partial charge in [-0.2, -0.15) is 5.10 Å². The Bertz CT molecular complexity index is 565. The Morgan fingerprint density at radius 3 is 2.89 bits per heavy atom. The maximum absolute atomic E-state index is 11.6. The van der Waals surface area contributed by atoms with Crippen molar-refractivity contribution < 1.29 is 4.79 Å². The smallest absolute Gasteiger partial charge is 0.237 e. The first-order valence-corrected chi connectivity index (χ1v) is 6.42. The predicted molar refractivity (Wildman–Crippen MR) is 73.6 cm³/mol. The van der Waals surface area contributed by atoms with E-state index < -0.39 is 0 Å². The van der Waals surface area contributed by atoms with Crippen LogP contribution < -0.4 is 5.32 Å². The highest BCUT2D eigenvalue weighted by Crippen LogP contribution is 2.19. The molecule has 0 aliphatic heterocycles. The lowest BCUT2D eigenvalue weighted by Crippen LogP contribution is -2.19. The number of hydrogen-bond acceptors (Lipinski definition) is 3. The minimum atomic E-state index is -0.230. The molecule has 1 aromatic carbocycles. The highest BCUT2D eigenvalue weighted by atomic mass is 79.9. The van der Waals surface area contributed by atoms with E-state index in [1.165, 1.54) is 0 Å². The molecular formula is C12H13BrN4O. The first-order chi connectivity index (χ1) is 8.56. The monoisotopic (exact) mass is 308 g/mol. The lowest BCUT2D eigenvalue weighted by Gasteiger charge is -2.07. The molecule has 18 heavy (non-hydrogen) atoms. The molecule has 0 aliphatic carbocycles. The van der Waals surface area contributed by atoms with Crippen molar-refractivity contribution in [3.63, 3.8) is 0 Å². The maximum Gasteiger partial charge on any atom is 0.237 e. The zero-order chi connectivity index (χ0) is 13.1. The number of hydrogen-bond donors (Lipinski definition) is 2. The quantitative estimate of drug-likeness (QED) is 0.856. The van der Waals surface area contributed by atoms with Gasteiger partial charge in [0.05, 0.1) is 4.83 Å². The number of amides is 1. The lowest BCUT2D eigenvalue weighted by molar-refractivity contribution is -0.115. The van der Waals surface area contributed by atoms with Crippen LogP contribution in [0.1, 0.15) is 12.7 Å². The van der Waals surface area contributed by atoms with Crippen molar-refractivity contribution in [2.75, 3.05) is 5.32 Å². The molecule has 0 saturated carbocycles. The van der Waals surface area contributed by atoms with Crippen molar-refractivity contribution in [3.8, 4) is 11.4 Å². The zero-order valence-corrected chi connectivity index (χ0v) is 11.7. The summed E-state index contributed by atoms with van der Waals surface area (Å²) in [5.74, 6) is 1.29. The van der Waals surface area contributed by atoms with Gasteiger partial charge in [-0.25, -0.2) is 4.98 Å². The van der Waals surface area contributed by atoms with Gasteiger partial charge in [-0.3, -0.25) is 9.89 Å². The van der Waals surface area contributed by atoms with Gasteiger partial charge in [-0.1, -0.05) is 28.1 Å². The van der Waals surface area contributed by atoms with E-state index in [0.29, 0.717) is 5.82 Å². The van der Waals surface area contributed by atoms with Crippen LogP contribution in [-0.4, -0.2) is 25.9 Å². The van der Waals surface area contributed by atoms with Crippen LogP contribution in [0, 0.1) is 6.92 Å². The number of nitrogens with one attached hydrogen (secondary N) is 2. The van der Waals surface area contributed by atoms with E-state index in [2.05, 4.69) is 36.4 Å². The average molecular weight is 309 g/mol. The molecule has 0 bridgehead atoms. The molecule has 5 nitrogen and oxygen atoms in total. The first kappa shape index (κ1) is 12.8. The number of aromatic nitrogens is 3. The number of nitrogens with zero attached hydrogens (tertiary/aromatic N) is 2. The van der Waals surface area contributed by atoms with E-state index in [-0.39, 0.29) is 10.7 Å². The van der Waals surface area contributed by atoms with Gasteiger partial charge in [0.2, 0.25) is 5.91 Å². The third kappa shape index (κ3) is 2.95. The van der Waals surface area contributed by atoms with Crippen LogP contribution in [0.25, 0.3) is 11.4 Å². The van der Waals surface area contributed by atoms with E-state index in [9.17, 15) is 4.79 Å². The van der Waals surface area contributed by atoms with Crippen molar-refractivity contribution >= 4 is 27.5 Å². The lowest BCUT2D eigenvalue weighted by atomic mass is 10.2. The largest absolute Gasteiger partial charge is 0.325 e. The Morgan fingerprint density at radius 1 is 1.50 bits per heavy atom. The van der Waals surface area contributed by atoms with Gasteiger partial charge < -0.3 is 5.32 Å². The molecule has 2 aromatic rings.